The molecule has 2 N–H and O–H groups in total. The molecule has 0 radical (unpaired) electrons. The van der Waals surface area contributed by atoms with Gasteiger partial charge in [-0.25, -0.2) is 0 Å². The topological polar surface area (TPSA) is 66.4 Å². The molecule has 0 atom stereocenters. The average Bonchev–Trinajstić information content (AvgIpc) is 2.74. The average molecular weight is 283 g/mol. The second-order valence-corrected chi connectivity index (χ2v) is 6.48. The molecule has 0 saturated carbocycles. The van der Waals surface area contributed by atoms with Crippen LogP contribution in [0.15, 0.2) is 17.5 Å². The van der Waals surface area contributed by atoms with Gasteiger partial charge in [0.1, 0.15) is 0 Å². The molecule has 5 heteroatoms. The third-order valence-electron chi connectivity index (χ3n) is 2.77. The molecule has 0 bridgehead atoms. The molecule has 4 nitrogen and oxygen atoms in total. The van der Waals surface area contributed by atoms with E-state index in [0.29, 0.717) is 6.54 Å². The third-order valence-corrected chi connectivity index (χ3v) is 3.71. The number of thiophene rings is 1. The summed E-state index contributed by atoms with van der Waals surface area (Å²) in [5.41, 5.74) is -0.496. The van der Waals surface area contributed by atoms with E-state index in [4.69, 9.17) is 5.11 Å². The van der Waals surface area contributed by atoms with Crippen LogP contribution in [0.1, 0.15) is 38.0 Å². The fraction of sp³-hybridized carbons (Fsp3) is 0.571. The van der Waals surface area contributed by atoms with Crippen LogP contribution in [0.2, 0.25) is 0 Å². The summed E-state index contributed by atoms with van der Waals surface area (Å²) in [5.74, 6) is -0.937. The number of rotatable bonds is 8. The van der Waals surface area contributed by atoms with E-state index >= 15 is 0 Å². The molecular weight excluding hydrogens is 262 g/mol. The van der Waals surface area contributed by atoms with Gasteiger partial charge in [0, 0.05) is 17.8 Å². The van der Waals surface area contributed by atoms with Crippen LogP contribution >= 0.6 is 11.3 Å². The number of amides is 1. The number of carbonyl (C=O) groups excluding carboxylic acids is 1. The molecular formula is C14H21NO3S. The van der Waals surface area contributed by atoms with Crippen LogP contribution in [0.5, 0.6) is 0 Å². The highest BCUT2D eigenvalue weighted by Gasteiger charge is 2.24. The quantitative estimate of drug-likeness (QED) is 0.721. The van der Waals surface area contributed by atoms with Gasteiger partial charge in [0.15, 0.2) is 0 Å². The van der Waals surface area contributed by atoms with E-state index in [9.17, 15) is 9.59 Å². The molecule has 1 rings (SSSR count). The predicted octanol–water partition coefficient (Wildman–Crippen LogP) is 2.69. The second kappa shape index (κ2) is 7.28. The van der Waals surface area contributed by atoms with Gasteiger partial charge >= 0.3 is 5.97 Å². The maximum Gasteiger partial charge on any atom is 0.303 e. The molecule has 0 aromatic carbocycles. The van der Waals surface area contributed by atoms with Gasteiger partial charge in [-0.05, 0) is 29.7 Å². The Kier molecular flexibility index (Phi) is 6.02. The first-order valence-corrected chi connectivity index (χ1v) is 7.28. The van der Waals surface area contributed by atoms with Gasteiger partial charge in [0.05, 0.1) is 6.42 Å². The van der Waals surface area contributed by atoms with Crippen molar-refractivity contribution in [3.05, 3.63) is 22.4 Å². The zero-order valence-corrected chi connectivity index (χ0v) is 12.3. The first kappa shape index (κ1) is 15.7. The van der Waals surface area contributed by atoms with Crippen LogP contribution in [0.4, 0.5) is 0 Å². The summed E-state index contributed by atoms with van der Waals surface area (Å²) in [6.07, 6.45) is 2.13. The Hall–Kier alpha value is -1.36. The number of hydrogen-bond acceptors (Lipinski definition) is 3. The highest BCUT2D eigenvalue weighted by molar-refractivity contribution is 7.09. The fourth-order valence-electron chi connectivity index (χ4n) is 1.91. The van der Waals surface area contributed by atoms with Crippen molar-refractivity contribution in [3.63, 3.8) is 0 Å². The Labute approximate surface area is 117 Å². The van der Waals surface area contributed by atoms with Crippen molar-refractivity contribution in [2.24, 2.45) is 5.41 Å². The largest absolute Gasteiger partial charge is 0.481 e. The molecule has 1 heterocycles. The maximum atomic E-state index is 11.7. The van der Waals surface area contributed by atoms with Crippen LogP contribution < -0.4 is 5.32 Å². The van der Waals surface area contributed by atoms with Crippen molar-refractivity contribution in [2.75, 3.05) is 6.54 Å². The van der Waals surface area contributed by atoms with Crippen molar-refractivity contribution in [2.45, 2.75) is 39.5 Å². The molecule has 19 heavy (non-hydrogen) atoms. The highest BCUT2D eigenvalue weighted by atomic mass is 32.1. The van der Waals surface area contributed by atoms with Crippen molar-refractivity contribution in [3.8, 4) is 0 Å². The lowest BCUT2D eigenvalue weighted by atomic mass is 9.85. The Bertz CT molecular complexity index is 412. The Balaban J connectivity index is 2.18. The van der Waals surface area contributed by atoms with Crippen molar-refractivity contribution in [1.82, 2.24) is 5.32 Å². The first-order valence-electron chi connectivity index (χ1n) is 6.40. The van der Waals surface area contributed by atoms with Crippen LogP contribution in [0.25, 0.3) is 0 Å². The van der Waals surface area contributed by atoms with Gasteiger partial charge in [0.25, 0.3) is 0 Å². The molecule has 0 aliphatic heterocycles. The van der Waals surface area contributed by atoms with Gasteiger partial charge in [-0.3, -0.25) is 9.59 Å². The second-order valence-electron chi connectivity index (χ2n) is 5.44. The lowest BCUT2D eigenvalue weighted by Gasteiger charge is -2.21. The number of hydrogen-bond donors (Lipinski definition) is 2. The van der Waals surface area contributed by atoms with E-state index in [0.717, 1.165) is 12.8 Å². The first-order chi connectivity index (χ1) is 8.89. The van der Waals surface area contributed by atoms with Gasteiger partial charge in [-0.2, -0.15) is 0 Å². The number of carboxylic acids is 1. The lowest BCUT2D eigenvalue weighted by Crippen LogP contribution is -2.30. The SMILES string of the molecule is CC(C)(CC(=O)O)CC(=O)NCCCc1cccs1. The van der Waals surface area contributed by atoms with Gasteiger partial charge in [-0.15, -0.1) is 11.3 Å². The molecule has 0 unspecified atom stereocenters. The molecule has 1 aromatic heterocycles. The summed E-state index contributed by atoms with van der Waals surface area (Å²) in [4.78, 5) is 23.7. The smallest absolute Gasteiger partial charge is 0.303 e. The summed E-state index contributed by atoms with van der Waals surface area (Å²) in [6.45, 7) is 4.23. The molecule has 1 amide bonds. The molecule has 0 saturated heterocycles. The highest BCUT2D eigenvalue weighted by Crippen LogP contribution is 2.24. The Morgan fingerprint density at radius 2 is 2.11 bits per heavy atom. The van der Waals surface area contributed by atoms with E-state index in [1.165, 1.54) is 4.88 Å². The Morgan fingerprint density at radius 3 is 2.68 bits per heavy atom. The van der Waals surface area contributed by atoms with Gasteiger partial charge < -0.3 is 10.4 Å². The summed E-state index contributed by atoms with van der Waals surface area (Å²) in [5, 5.41) is 13.6. The number of carbonyl (C=O) groups is 2. The van der Waals surface area contributed by atoms with Crippen molar-refractivity contribution in [1.29, 1.82) is 0 Å². The molecule has 0 aliphatic rings. The van der Waals surface area contributed by atoms with Gasteiger partial charge in [0.2, 0.25) is 5.91 Å². The minimum atomic E-state index is -0.865. The molecule has 0 spiro atoms. The number of aliphatic carboxylic acids is 1. The number of nitrogens with one attached hydrogen (secondary N) is 1. The predicted molar refractivity (Wildman–Crippen MR) is 76.3 cm³/mol. The zero-order chi connectivity index (χ0) is 14.3. The molecule has 106 valence electrons. The lowest BCUT2D eigenvalue weighted by molar-refractivity contribution is -0.139. The zero-order valence-electron chi connectivity index (χ0n) is 11.4. The monoisotopic (exact) mass is 283 g/mol. The normalized spacial score (nSPS) is 11.3. The minimum absolute atomic E-state index is 0.00954. The molecule has 0 fully saturated rings. The molecule has 1 aromatic rings. The standard InChI is InChI=1S/C14H21NO3S/c1-14(2,10-13(17)18)9-12(16)15-7-3-5-11-6-4-8-19-11/h4,6,8H,3,5,7,9-10H2,1-2H3,(H,15,16)(H,17,18). The van der Waals surface area contributed by atoms with Gasteiger partial charge in [-0.1, -0.05) is 19.9 Å². The Morgan fingerprint density at radius 1 is 1.37 bits per heavy atom. The van der Waals surface area contributed by atoms with E-state index in [1.807, 2.05) is 11.4 Å². The summed E-state index contributed by atoms with van der Waals surface area (Å²) in [6, 6.07) is 4.11. The van der Waals surface area contributed by atoms with E-state index in [1.54, 1.807) is 25.2 Å². The van der Waals surface area contributed by atoms with Crippen molar-refractivity contribution >= 4 is 23.2 Å². The van der Waals surface area contributed by atoms with E-state index in [-0.39, 0.29) is 18.7 Å². The fourth-order valence-corrected chi connectivity index (χ4v) is 2.67. The summed E-state index contributed by atoms with van der Waals surface area (Å²) in [7, 11) is 0. The minimum Gasteiger partial charge on any atom is -0.481 e. The summed E-state index contributed by atoms with van der Waals surface area (Å²) >= 11 is 1.72. The molecule has 0 aliphatic carbocycles. The van der Waals surface area contributed by atoms with Crippen molar-refractivity contribution < 1.29 is 14.7 Å². The van der Waals surface area contributed by atoms with Crippen LogP contribution in [-0.2, 0) is 16.0 Å². The summed E-state index contributed by atoms with van der Waals surface area (Å²) < 4.78 is 0. The third kappa shape index (κ3) is 6.96. The van der Waals surface area contributed by atoms with Crippen LogP contribution in [0, 0.1) is 5.41 Å². The number of aryl methyl sites for hydroxylation is 1. The van der Waals surface area contributed by atoms with E-state index < -0.39 is 11.4 Å². The van der Waals surface area contributed by atoms with E-state index in [2.05, 4.69) is 11.4 Å². The van der Waals surface area contributed by atoms with Crippen LogP contribution in [0.3, 0.4) is 0 Å². The maximum absolute atomic E-state index is 11.7. The number of carboxylic acid groups (broad SMARTS) is 1. The van der Waals surface area contributed by atoms with Crippen LogP contribution in [-0.4, -0.2) is 23.5 Å².